The Morgan fingerprint density at radius 1 is 1.13 bits per heavy atom. The summed E-state index contributed by atoms with van der Waals surface area (Å²) in [6.45, 7) is 2.82. The lowest BCUT2D eigenvalue weighted by Crippen LogP contribution is -2.46. The highest BCUT2D eigenvalue weighted by Crippen LogP contribution is 2.37. The van der Waals surface area contributed by atoms with Gasteiger partial charge in [-0.05, 0) is 37.8 Å². The maximum absolute atomic E-state index is 13.0. The summed E-state index contributed by atoms with van der Waals surface area (Å²) in [6, 6.07) is 3.65. The molecule has 9 heteroatoms. The largest absolute Gasteiger partial charge is 0.459 e. The lowest BCUT2D eigenvalue weighted by Gasteiger charge is -2.40. The minimum absolute atomic E-state index is 0.0769. The van der Waals surface area contributed by atoms with Gasteiger partial charge in [0.15, 0.2) is 11.6 Å². The fraction of sp³-hybridized carbons (Fsp3) is 0.636. The van der Waals surface area contributed by atoms with Crippen molar-refractivity contribution >= 4 is 11.8 Å². The average Bonchev–Trinajstić information content (AvgIpc) is 3.42. The number of fused-ring (bicyclic) bond motifs is 1. The van der Waals surface area contributed by atoms with Crippen LogP contribution in [0, 0.1) is 5.41 Å². The van der Waals surface area contributed by atoms with Gasteiger partial charge in [0.2, 0.25) is 5.82 Å². The Morgan fingerprint density at radius 3 is 2.68 bits per heavy atom. The van der Waals surface area contributed by atoms with Crippen molar-refractivity contribution in [3.63, 3.8) is 0 Å². The van der Waals surface area contributed by atoms with Crippen molar-refractivity contribution in [3.05, 3.63) is 35.8 Å². The number of furan rings is 1. The molecular formula is C22H29N5O4. The van der Waals surface area contributed by atoms with Crippen molar-refractivity contribution < 1.29 is 18.7 Å². The molecule has 1 saturated carbocycles. The standard InChI is InChI=1S/C22H29N5O4/c28-20(23-16-5-2-1-3-6-16)19-25-24-18-13-30-15-22(14-27(18)19)8-10-26(11-9-22)21(29)17-7-4-12-31-17/h4,7,12,16H,1-3,5-6,8-11,13-15H2,(H,23,28). The molecule has 2 fully saturated rings. The zero-order chi connectivity index (χ0) is 21.3. The lowest BCUT2D eigenvalue weighted by atomic mass is 9.78. The van der Waals surface area contributed by atoms with E-state index in [0.717, 1.165) is 38.5 Å². The molecule has 1 aliphatic carbocycles. The third kappa shape index (κ3) is 4.11. The number of piperidine rings is 1. The number of amides is 2. The van der Waals surface area contributed by atoms with Crippen molar-refractivity contribution in [2.45, 2.75) is 64.1 Å². The molecule has 1 N–H and O–H groups in total. The van der Waals surface area contributed by atoms with Gasteiger partial charge in [-0.15, -0.1) is 10.2 Å². The number of aromatic nitrogens is 3. The molecule has 166 valence electrons. The zero-order valence-electron chi connectivity index (χ0n) is 17.7. The summed E-state index contributed by atoms with van der Waals surface area (Å²) in [5.74, 6) is 1.22. The summed E-state index contributed by atoms with van der Waals surface area (Å²) in [4.78, 5) is 27.4. The topological polar surface area (TPSA) is 102 Å². The molecule has 31 heavy (non-hydrogen) atoms. The van der Waals surface area contributed by atoms with E-state index in [4.69, 9.17) is 9.15 Å². The molecule has 2 amide bonds. The molecule has 0 atom stereocenters. The number of ether oxygens (including phenoxy) is 1. The number of rotatable bonds is 3. The van der Waals surface area contributed by atoms with E-state index < -0.39 is 0 Å². The van der Waals surface area contributed by atoms with Crippen molar-refractivity contribution in [1.82, 2.24) is 25.0 Å². The van der Waals surface area contributed by atoms with Gasteiger partial charge in [0, 0.05) is 31.1 Å². The Labute approximate surface area is 181 Å². The summed E-state index contributed by atoms with van der Waals surface area (Å²) in [5.41, 5.74) is -0.145. The summed E-state index contributed by atoms with van der Waals surface area (Å²) in [7, 11) is 0. The van der Waals surface area contributed by atoms with Gasteiger partial charge < -0.3 is 23.9 Å². The van der Waals surface area contributed by atoms with E-state index in [1.807, 2.05) is 9.47 Å². The van der Waals surface area contributed by atoms with Crippen LogP contribution in [0.2, 0.25) is 0 Å². The Kier molecular flexibility index (Phi) is 5.52. The zero-order valence-corrected chi connectivity index (χ0v) is 17.7. The first-order valence-electron chi connectivity index (χ1n) is 11.3. The predicted octanol–water partition coefficient (Wildman–Crippen LogP) is 2.39. The van der Waals surface area contributed by atoms with E-state index in [1.54, 1.807) is 12.1 Å². The molecular weight excluding hydrogens is 398 g/mol. The highest BCUT2D eigenvalue weighted by atomic mass is 16.5. The van der Waals surface area contributed by atoms with Gasteiger partial charge in [0.1, 0.15) is 6.61 Å². The van der Waals surface area contributed by atoms with Crippen LogP contribution in [-0.2, 0) is 17.9 Å². The van der Waals surface area contributed by atoms with Gasteiger partial charge in [-0.1, -0.05) is 19.3 Å². The fourth-order valence-electron chi connectivity index (χ4n) is 5.06. The summed E-state index contributed by atoms with van der Waals surface area (Å²) in [6.07, 6.45) is 8.72. The average molecular weight is 428 g/mol. The maximum Gasteiger partial charge on any atom is 0.289 e. The highest BCUT2D eigenvalue weighted by Gasteiger charge is 2.40. The number of likely N-dealkylation sites (tertiary alicyclic amines) is 1. The molecule has 0 aromatic carbocycles. The van der Waals surface area contributed by atoms with Crippen LogP contribution in [0.5, 0.6) is 0 Å². The van der Waals surface area contributed by atoms with E-state index in [0.29, 0.717) is 50.3 Å². The SMILES string of the molecule is O=C(NC1CCCCC1)c1nnc2n1CC1(CCN(C(=O)c3ccco3)CC1)COC2. The first kappa shape index (κ1) is 20.2. The second-order valence-corrected chi connectivity index (χ2v) is 9.10. The summed E-state index contributed by atoms with van der Waals surface area (Å²) >= 11 is 0. The maximum atomic E-state index is 13.0. The quantitative estimate of drug-likeness (QED) is 0.807. The molecule has 0 bridgehead atoms. The van der Waals surface area contributed by atoms with E-state index in [-0.39, 0.29) is 23.3 Å². The van der Waals surface area contributed by atoms with Crippen LogP contribution < -0.4 is 5.32 Å². The number of nitrogens with zero attached hydrogens (tertiary/aromatic N) is 4. The molecule has 5 rings (SSSR count). The van der Waals surface area contributed by atoms with Gasteiger partial charge in [0.05, 0.1) is 12.9 Å². The first-order valence-corrected chi connectivity index (χ1v) is 11.3. The van der Waals surface area contributed by atoms with Crippen LogP contribution in [0.1, 0.15) is 71.9 Å². The number of nitrogens with one attached hydrogen (secondary N) is 1. The van der Waals surface area contributed by atoms with E-state index >= 15 is 0 Å². The Balaban J connectivity index is 1.28. The molecule has 2 aromatic rings. The van der Waals surface area contributed by atoms with Crippen LogP contribution in [-0.4, -0.2) is 57.2 Å². The first-order chi connectivity index (χ1) is 15.1. The molecule has 9 nitrogen and oxygen atoms in total. The molecule has 1 spiro atoms. The monoisotopic (exact) mass is 427 g/mol. The number of carbonyl (C=O) groups excluding carboxylic acids is 2. The van der Waals surface area contributed by atoms with Crippen molar-refractivity contribution in [2.75, 3.05) is 19.7 Å². The van der Waals surface area contributed by atoms with Crippen molar-refractivity contribution in [3.8, 4) is 0 Å². The Bertz CT molecular complexity index is 924. The van der Waals surface area contributed by atoms with Gasteiger partial charge in [0.25, 0.3) is 11.8 Å². The Hall–Kier alpha value is -2.68. The second-order valence-electron chi connectivity index (χ2n) is 9.10. The summed E-state index contributed by atoms with van der Waals surface area (Å²) in [5, 5.41) is 11.6. The van der Waals surface area contributed by atoms with Crippen LogP contribution in [0.3, 0.4) is 0 Å². The number of carbonyl (C=O) groups is 2. The van der Waals surface area contributed by atoms with E-state index in [2.05, 4.69) is 15.5 Å². The van der Waals surface area contributed by atoms with E-state index in [1.165, 1.54) is 12.7 Å². The van der Waals surface area contributed by atoms with Crippen molar-refractivity contribution in [2.24, 2.45) is 5.41 Å². The van der Waals surface area contributed by atoms with Crippen LogP contribution in [0.4, 0.5) is 0 Å². The molecule has 2 aliphatic heterocycles. The number of hydrogen-bond donors (Lipinski definition) is 1. The lowest BCUT2D eigenvalue weighted by molar-refractivity contribution is -0.00269. The van der Waals surface area contributed by atoms with Gasteiger partial charge in [-0.2, -0.15) is 0 Å². The van der Waals surface area contributed by atoms with E-state index in [9.17, 15) is 9.59 Å². The second kappa shape index (κ2) is 8.45. The molecule has 2 aromatic heterocycles. The molecule has 0 radical (unpaired) electrons. The molecule has 1 saturated heterocycles. The molecule has 4 heterocycles. The third-order valence-corrected chi connectivity index (χ3v) is 6.95. The van der Waals surface area contributed by atoms with Crippen molar-refractivity contribution in [1.29, 1.82) is 0 Å². The molecule has 0 unspecified atom stereocenters. The Morgan fingerprint density at radius 2 is 1.94 bits per heavy atom. The number of hydrogen-bond acceptors (Lipinski definition) is 6. The van der Waals surface area contributed by atoms with Gasteiger partial charge >= 0.3 is 0 Å². The fourth-order valence-corrected chi connectivity index (χ4v) is 5.06. The minimum Gasteiger partial charge on any atom is -0.459 e. The third-order valence-electron chi connectivity index (χ3n) is 6.95. The highest BCUT2D eigenvalue weighted by molar-refractivity contribution is 5.91. The van der Waals surface area contributed by atoms with Crippen LogP contribution >= 0.6 is 0 Å². The van der Waals surface area contributed by atoms with Gasteiger partial charge in [-0.3, -0.25) is 9.59 Å². The molecule has 3 aliphatic rings. The van der Waals surface area contributed by atoms with Crippen LogP contribution in [0.15, 0.2) is 22.8 Å². The smallest absolute Gasteiger partial charge is 0.289 e. The van der Waals surface area contributed by atoms with Gasteiger partial charge in [-0.25, -0.2) is 0 Å². The normalized spacial score (nSPS) is 21.5. The summed E-state index contributed by atoms with van der Waals surface area (Å²) < 4.78 is 13.2. The minimum atomic E-state index is -0.145. The predicted molar refractivity (Wildman–Crippen MR) is 110 cm³/mol. The van der Waals surface area contributed by atoms with Crippen LogP contribution in [0.25, 0.3) is 0 Å².